The van der Waals surface area contributed by atoms with Gasteiger partial charge in [0.15, 0.2) is 5.78 Å². The van der Waals surface area contributed by atoms with Gasteiger partial charge in [0.05, 0.1) is 18.1 Å². The molecular formula is C24H25Cl2N5O5S. The summed E-state index contributed by atoms with van der Waals surface area (Å²) in [5.41, 5.74) is 5.30. The van der Waals surface area contributed by atoms with E-state index in [9.17, 15) is 22.8 Å². The van der Waals surface area contributed by atoms with Crippen molar-refractivity contribution in [1.29, 1.82) is 0 Å². The maximum atomic E-state index is 13.2. The van der Waals surface area contributed by atoms with Gasteiger partial charge < -0.3 is 5.73 Å². The van der Waals surface area contributed by atoms with E-state index in [1.54, 1.807) is 4.90 Å². The van der Waals surface area contributed by atoms with Crippen molar-refractivity contribution in [2.24, 2.45) is 7.05 Å². The minimum atomic E-state index is -3.88. The molecule has 1 fully saturated rings. The van der Waals surface area contributed by atoms with E-state index in [1.165, 1.54) is 34.1 Å². The predicted octanol–water partition coefficient (Wildman–Crippen LogP) is 1.67. The zero-order valence-corrected chi connectivity index (χ0v) is 22.3. The second-order valence-corrected chi connectivity index (χ2v) is 11.4. The van der Waals surface area contributed by atoms with Crippen molar-refractivity contribution >= 4 is 44.8 Å². The smallest absolute Gasteiger partial charge is 0.332 e. The molecule has 2 aromatic carbocycles. The third-order valence-electron chi connectivity index (χ3n) is 6.26. The standard InChI is InChI=1S/C24H25Cl2N5O5S/c1-28-23(33)21(22(27)31(24(28)34)14-16-5-3-2-4-6-16)19(32)15-29-9-11-30(12-10-29)37(35,36)20-13-17(25)7-8-18(20)26/h2-8,13H,9-12,14-15,27H2,1H3. The van der Waals surface area contributed by atoms with Crippen LogP contribution in [-0.4, -0.2) is 65.3 Å². The highest BCUT2D eigenvalue weighted by Crippen LogP contribution is 2.28. The summed E-state index contributed by atoms with van der Waals surface area (Å²) < 4.78 is 29.5. The summed E-state index contributed by atoms with van der Waals surface area (Å²) in [6, 6.07) is 13.3. The van der Waals surface area contributed by atoms with Gasteiger partial charge in [0.2, 0.25) is 10.0 Å². The van der Waals surface area contributed by atoms with E-state index in [2.05, 4.69) is 0 Å². The highest BCUT2D eigenvalue weighted by atomic mass is 35.5. The van der Waals surface area contributed by atoms with Crippen molar-refractivity contribution in [2.75, 3.05) is 38.5 Å². The number of aromatic nitrogens is 2. The molecule has 10 nitrogen and oxygen atoms in total. The average Bonchev–Trinajstić information content (AvgIpc) is 2.88. The Kier molecular flexibility index (Phi) is 7.91. The largest absolute Gasteiger partial charge is 0.384 e. The second kappa shape index (κ2) is 10.8. The van der Waals surface area contributed by atoms with Crippen LogP contribution in [0.15, 0.2) is 63.0 Å². The lowest BCUT2D eigenvalue weighted by Crippen LogP contribution is -2.50. The molecule has 0 bridgehead atoms. The molecule has 3 aromatic rings. The van der Waals surface area contributed by atoms with Crippen LogP contribution in [0.25, 0.3) is 0 Å². The average molecular weight is 566 g/mol. The number of nitrogen functional groups attached to an aromatic ring is 1. The number of carbonyl (C=O) groups is 1. The van der Waals surface area contributed by atoms with E-state index in [4.69, 9.17) is 28.9 Å². The maximum Gasteiger partial charge on any atom is 0.332 e. The Morgan fingerprint density at radius 2 is 1.65 bits per heavy atom. The monoisotopic (exact) mass is 565 g/mol. The SMILES string of the molecule is Cn1c(=O)c(C(=O)CN2CCN(S(=O)(=O)c3cc(Cl)ccc3Cl)CC2)c(N)n(Cc2ccccc2)c1=O. The molecule has 1 saturated heterocycles. The number of Topliss-reactive ketones (excluding diaryl/α,β-unsaturated/α-hetero) is 1. The van der Waals surface area contributed by atoms with E-state index >= 15 is 0 Å². The van der Waals surface area contributed by atoms with Crippen LogP contribution in [0.1, 0.15) is 15.9 Å². The molecule has 2 heterocycles. The third-order valence-corrected chi connectivity index (χ3v) is 8.87. The molecule has 0 atom stereocenters. The summed E-state index contributed by atoms with van der Waals surface area (Å²) in [5.74, 6) is -0.743. The van der Waals surface area contributed by atoms with Crippen LogP contribution in [0, 0.1) is 0 Å². The van der Waals surface area contributed by atoms with Crippen LogP contribution >= 0.6 is 23.2 Å². The first-order chi connectivity index (χ1) is 17.5. The lowest BCUT2D eigenvalue weighted by molar-refractivity contribution is 0.0899. The number of halogens is 2. The summed E-state index contributed by atoms with van der Waals surface area (Å²) in [6.07, 6.45) is 0. The Hall–Kier alpha value is -2.96. The van der Waals surface area contributed by atoms with Crippen molar-refractivity contribution in [3.8, 4) is 0 Å². The number of nitrogens with two attached hydrogens (primary N) is 1. The predicted molar refractivity (Wildman–Crippen MR) is 142 cm³/mol. The van der Waals surface area contributed by atoms with Gasteiger partial charge in [0, 0.05) is 38.2 Å². The number of anilines is 1. The molecule has 2 N–H and O–H groups in total. The lowest BCUT2D eigenvalue weighted by Gasteiger charge is -2.33. The molecule has 0 saturated carbocycles. The highest BCUT2D eigenvalue weighted by Gasteiger charge is 2.32. The Morgan fingerprint density at radius 1 is 1.00 bits per heavy atom. The lowest BCUT2D eigenvalue weighted by atomic mass is 10.1. The number of rotatable bonds is 7. The fourth-order valence-electron chi connectivity index (χ4n) is 4.19. The summed E-state index contributed by atoms with van der Waals surface area (Å²) in [5, 5.41) is 0.318. The normalized spacial score (nSPS) is 15.1. The minimum absolute atomic E-state index is 0.0685. The van der Waals surface area contributed by atoms with Crippen molar-refractivity contribution in [2.45, 2.75) is 11.4 Å². The Morgan fingerprint density at radius 3 is 2.30 bits per heavy atom. The number of ketones is 1. The van der Waals surface area contributed by atoms with Gasteiger partial charge in [-0.1, -0.05) is 53.5 Å². The fourth-order valence-corrected chi connectivity index (χ4v) is 6.35. The van der Waals surface area contributed by atoms with E-state index in [0.29, 0.717) is 0 Å². The zero-order valence-electron chi connectivity index (χ0n) is 19.9. The molecule has 1 aliphatic heterocycles. The van der Waals surface area contributed by atoms with Crippen LogP contribution in [0.3, 0.4) is 0 Å². The molecule has 0 unspecified atom stereocenters. The maximum absolute atomic E-state index is 13.2. The number of piperazine rings is 1. The molecule has 13 heteroatoms. The zero-order chi connectivity index (χ0) is 26.9. The van der Waals surface area contributed by atoms with Gasteiger partial charge in [-0.3, -0.25) is 23.6 Å². The van der Waals surface area contributed by atoms with Gasteiger partial charge in [0.1, 0.15) is 16.3 Å². The van der Waals surface area contributed by atoms with Gasteiger partial charge in [0.25, 0.3) is 5.56 Å². The molecule has 1 aliphatic rings. The summed E-state index contributed by atoms with van der Waals surface area (Å²) in [4.78, 5) is 40.4. The third kappa shape index (κ3) is 5.51. The minimum Gasteiger partial charge on any atom is -0.384 e. The van der Waals surface area contributed by atoms with Crippen molar-refractivity contribution in [3.63, 3.8) is 0 Å². The van der Waals surface area contributed by atoms with E-state index in [0.717, 1.165) is 10.1 Å². The molecule has 0 spiro atoms. The van der Waals surface area contributed by atoms with Crippen LogP contribution < -0.4 is 17.0 Å². The van der Waals surface area contributed by atoms with E-state index in [1.807, 2.05) is 30.3 Å². The molecule has 196 valence electrons. The molecule has 37 heavy (non-hydrogen) atoms. The first kappa shape index (κ1) is 27.1. The Balaban J connectivity index is 1.51. The van der Waals surface area contributed by atoms with Gasteiger partial charge in [-0.2, -0.15) is 4.31 Å². The van der Waals surface area contributed by atoms with Gasteiger partial charge in [-0.25, -0.2) is 13.2 Å². The number of carbonyl (C=O) groups excluding carboxylic acids is 1. The topological polar surface area (TPSA) is 128 Å². The van der Waals surface area contributed by atoms with Crippen molar-refractivity contribution < 1.29 is 13.2 Å². The first-order valence-electron chi connectivity index (χ1n) is 11.3. The van der Waals surface area contributed by atoms with E-state index < -0.39 is 27.1 Å². The Labute approximate surface area is 223 Å². The number of benzene rings is 2. The number of nitrogens with zero attached hydrogens (tertiary/aromatic N) is 4. The van der Waals surface area contributed by atoms with Gasteiger partial charge in [-0.05, 0) is 23.8 Å². The molecule has 1 aromatic heterocycles. The number of hydrogen-bond acceptors (Lipinski definition) is 7. The molecule has 0 aliphatic carbocycles. The molecule has 0 amide bonds. The first-order valence-corrected chi connectivity index (χ1v) is 13.5. The second-order valence-electron chi connectivity index (χ2n) is 8.66. The summed E-state index contributed by atoms with van der Waals surface area (Å²) in [6.45, 7) is 0.649. The Bertz CT molecular complexity index is 1560. The highest BCUT2D eigenvalue weighted by molar-refractivity contribution is 7.89. The van der Waals surface area contributed by atoms with Crippen LogP contribution in [-0.2, 0) is 23.6 Å². The van der Waals surface area contributed by atoms with Crippen LogP contribution in [0.2, 0.25) is 10.0 Å². The van der Waals surface area contributed by atoms with Gasteiger partial charge in [-0.15, -0.1) is 0 Å². The van der Waals surface area contributed by atoms with Crippen LogP contribution in [0.4, 0.5) is 5.82 Å². The summed E-state index contributed by atoms with van der Waals surface area (Å²) >= 11 is 12.1. The number of sulfonamides is 1. The quantitative estimate of drug-likeness (QED) is 0.431. The molecule has 0 radical (unpaired) electrons. The van der Waals surface area contributed by atoms with Crippen molar-refractivity contribution in [1.82, 2.24) is 18.3 Å². The number of hydrogen-bond donors (Lipinski definition) is 1. The van der Waals surface area contributed by atoms with Crippen LogP contribution in [0.5, 0.6) is 0 Å². The van der Waals surface area contributed by atoms with E-state index in [-0.39, 0.29) is 65.6 Å². The molecule has 4 rings (SSSR count). The fraction of sp³-hybridized carbons (Fsp3) is 0.292. The van der Waals surface area contributed by atoms with Gasteiger partial charge >= 0.3 is 5.69 Å². The van der Waals surface area contributed by atoms with Crippen molar-refractivity contribution in [3.05, 3.63) is 90.5 Å². The summed E-state index contributed by atoms with van der Waals surface area (Å²) in [7, 11) is -2.59. The molecular weight excluding hydrogens is 541 g/mol.